The molecule has 0 aromatic heterocycles. The minimum atomic E-state index is -1.30. The first kappa shape index (κ1) is 30.3. The van der Waals surface area contributed by atoms with Crippen molar-refractivity contribution in [1.82, 2.24) is 10.6 Å². The summed E-state index contributed by atoms with van der Waals surface area (Å²) in [7, 11) is 1.19. The molecule has 1 aliphatic carbocycles. The highest BCUT2D eigenvalue weighted by atomic mass is 16.6. The monoisotopic (exact) mass is 572 g/mol. The van der Waals surface area contributed by atoms with Gasteiger partial charge in [0.15, 0.2) is 0 Å². The Morgan fingerprint density at radius 3 is 1.95 bits per heavy atom. The van der Waals surface area contributed by atoms with Gasteiger partial charge in [-0.25, -0.2) is 9.59 Å². The first-order valence-corrected chi connectivity index (χ1v) is 14.0. The Balaban J connectivity index is 1.40. The molecule has 0 unspecified atom stereocenters. The molecule has 42 heavy (non-hydrogen) atoms. The standard InChI is InChI=1S/C33H36N2O7/c1-21(2)17-28(31(37)34-29(18-30(36)40-3)32(38)41-19-22-11-5-4-6-12-22)35-33(39)42-20-27-25-15-9-7-13-23(25)24-14-8-10-16-26(24)27/h4-16,21,27-29H,17-20H2,1-3H3,(H,34,37)(H,35,39)/t28-,29-/m0/s1. The molecule has 2 amide bonds. The molecule has 2 atom stereocenters. The molecule has 4 rings (SSSR count). The summed E-state index contributed by atoms with van der Waals surface area (Å²) in [5, 5.41) is 5.22. The maximum atomic E-state index is 13.3. The van der Waals surface area contributed by atoms with Gasteiger partial charge in [0.25, 0.3) is 0 Å². The van der Waals surface area contributed by atoms with Gasteiger partial charge in [0.05, 0.1) is 13.5 Å². The Hall–Kier alpha value is -4.66. The third-order valence-corrected chi connectivity index (χ3v) is 7.08. The highest BCUT2D eigenvalue weighted by Crippen LogP contribution is 2.44. The topological polar surface area (TPSA) is 120 Å². The first-order valence-electron chi connectivity index (χ1n) is 14.0. The third kappa shape index (κ3) is 7.75. The van der Waals surface area contributed by atoms with Gasteiger partial charge in [-0.05, 0) is 40.2 Å². The number of hydrogen-bond acceptors (Lipinski definition) is 7. The second kappa shape index (κ2) is 14.3. The zero-order chi connectivity index (χ0) is 30.1. The van der Waals surface area contributed by atoms with E-state index in [1.165, 1.54) is 7.11 Å². The second-order valence-electron chi connectivity index (χ2n) is 10.6. The minimum absolute atomic E-state index is 0.0266. The van der Waals surface area contributed by atoms with Gasteiger partial charge >= 0.3 is 18.0 Å². The molecule has 0 saturated heterocycles. The van der Waals surface area contributed by atoms with Crippen molar-refractivity contribution in [1.29, 1.82) is 0 Å². The molecule has 0 aliphatic heterocycles. The molecule has 9 nitrogen and oxygen atoms in total. The SMILES string of the molecule is COC(=O)C[C@H](NC(=O)[C@H](CC(C)C)NC(=O)OCC1c2ccccc2-c2ccccc21)C(=O)OCc1ccccc1. The lowest BCUT2D eigenvalue weighted by molar-refractivity contribution is -0.153. The number of rotatable bonds is 12. The maximum Gasteiger partial charge on any atom is 0.407 e. The fourth-order valence-electron chi connectivity index (χ4n) is 5.03. The first-order chi connectivity index (χ1) is 20.3. The van der Waals surface area contributed by atoms with Crippen LogP contribution in [0.5, 0.6) is 0 Å². The highest BCUT2D eigenvalue weighted by molar-refractivity contribution is 5.91. The number of methoxy groups -OCH3 is 1. The van der Waals surface area contributed by atoms with Crippen LogP contribution in [0.2, 0.25) is 0 Å². The van der Waals surface area contributed by atoms with Crippen molar-refractivity contribution in [3.05, 3.63) is 95.6 Å². The number of carbonyl (C=O) groups is 4. The van der Waals surface area contributed by atoms with Crippen LogP contribution >= 0.6 is 0 Å². The number of hydrogen-bond donors (Lipinski definition) is 2. The van der Waals surface area contributed by atoms with Crippen molar-refractivity contribution in [3.8, 4) is 11.1 Å². The van der Waals surface area contributed by atoms with Gasteiger partial charge in [0.1, 0.15) is 25.3 Å². The Kier molecular flexibility index (Phi) is 10.3. The van der Waals surface area contributed by atoms with Gasteiger partial charge in [-0.15, -0.1) is 0 Å². The van der Waals surface area contributed by atoms with Crippen LogP contribution in [0, 0.1) is 5.92 Å². The summed E-state index contributed by atoms with van der Waals surface area (Å²) in [4.78, 5) is 51.2. The van der Waals surface area contributed by atoms with E-state index in [4.69, 9.17) is 14.2 Å². The summed E-state index contributed by atoms with van der Waals surface area (Å²) in [6.07, 6.45) is -0.899. The molecule has 0 spiro atoms. The predicted octanol–water partition coefficient (Wildman–Crippen LogP) is 4.73. The number of ether oxygens (including phenoxy) is 3. The van der Waals surface area contributed by atoms with Crippen molar-refractivity contribution in [2.45, 2.75) is 51.3 Å². The van der Waals surface area contributed by atoms with Crippen molar-refractivity contribution in [3.63, 3.8) is 0 Å². The highest BCUT2D eigenvalue weighted by Gasteiger charge is 2.32. The number of benzene rings is 3. The van der Waals surface area contributed by atoms with Gasteiger partial charge in [0, 0.05) is 5.92 Å². The molecule has 0 radical (unpaired) electrons. The Labute approximate surface area is 245 Å². The van der Waals surface area contributed by atoms with Gasteiger partial charge < -0.3 is 24.8 Å². The molecule has 1 aliphatic rings. The maximum absolute atomic E-state index is 13.3. The lowest BCUT2D eigenvalue weighted by Crippen LogP contribution is -2.53. The van der Waals surface area contributed by atoms with Crippen LogP contribution in [0.1, 0.15) is 49.3 Å². The average Bonchev–Trinajstić information content (AvgIpc) is 3.31. The van der Waals surface area contributed by atoms with Crippen LogP contribution in [0.3, 0.4) is 0 Å². The van der Waals surface area contributed by atoms with E-state index in [1.54, 1.807) is 12.1 Å². The van der Waals surface area contributed by atoms with Crippen LogP contribution in [-0.4, -0.2) is 49.7 Å². The van der Waals surface area contributed by atoms with Crippen LogP contribution in [0.4, 0.5) is 4.79 Å². The summed E-state index contributed by atoms with van der Waals surface area (Å²) in [5.74, 6) is -2.23. The molecular formula is C33H36N2O7. The lowest BCUT2D eigenvalue weighted by Gasteiger charge is -2.23. The predicted molar refractivity (Wildman–Crippen MR) is 156 cm³/mol. The van der Waals surface area contributed by atoms with Crippen molar-refractivity contribution < 1.29 is 33.4 Å². The summed E-state index contributed by atoms with van der Waals surface area (Å²) >= 11 is 0. The number of alkyl carbamates (subject to hydrolysis) is 1. The van der Waals surface area contributed by atoms with Gasteiger partial charge in [-0.3, -0.25) is 9.59 Å². The fourth-order valence-corrected chi connectivity index (χ4v) is 5.03. The van der Waals surface area contributed by atoms with E-state index in [0.717, 1.165) is 27.8 Å². The molecule has 0 saturated carbocycles. The number of carbonyl (C=O) groups excluding carboxylic acids is 4. The van der Waals surface area contributed by atoms with E-state index < -0.39 is 42.4 Å². The second-order valence-corrected chi connectivity index (χ2v) is 10.6. The van der Waals surface area contributed by atoms with Crippen LogP contribution < -0.4 is 10.6 Å². The van der Waals surface area contributed by atoms with E-state index in [-0.39, 0.29) is 31.5 Å². The quantitative estimate of drug-likeness (QED) is 0.238. The number of nitrogens with one attached hydrogen (secondary N) is 2. The van der Waals surface area contributed by atoms with E-state index in [2.05, 4.69) is 10.6 Å². The van der Waals surface area contributed by atoms with E-state index >= 15 is 0 Å². The molecule has 0 heterocycles. The molecule has 220 valence electrons. The summed E-state index contributed by atoms with van der Waals surface area (Å²) < 4.78 is 15.7. The summed E-state index contributed by atoms with van der Waals surface area (Å²) in [5.41, 5.74) is 5.11. The number of esters is 2. The number of amides is 2. The molecule has 3 aromatic carbocycles. The van der Waals surface area contributed by atoms with Crippen molar-refractivity contribution in [2.24, 2.45) is 5.92 Å². The van der Waals surface area contributed by atoms with Crippen LogP contribution in [0.15, 0.2) is 78.9 Å². The Morgan fingerprint density at radius 1 is 0.762 bits per heavy atom. The zero-order valence-electron chi connectivity index (χ0n) is 24.0. The van der Waals surface area contributed by atoms with E-state index in [0.29, 0.717) is 0 Å². The molecule has 2 N–H and O–H groups in total. The minimum Gasteiger partial charge on any atom is -0.469 e. The fraction of sp³-hybridized carbons (Fsp3) is 0.333. The largest absolute Gasteiger partial charge is 0.469 e. The third-order valence-electron chi connectivity index (χ3n) is 7.08. The smallest absolute Gasteiger partial charge is 0.407 e. The normalized spacial score (nSPS) is 13.3. The van der Waals surface area contributed by atoms with Crippen LogP contribution in [0.25, 0.3) is 11.1 Å². The zero-order valence-corrected chi connectivity index (χ0v) is 24.0. The summed E-state index contributed by atoms with van der Waals surface area (Å²) in [6, 6.07) is 22.7. The molecule has 3 aromatic rings. The van der Waals surface area contributed by atoms with Crippen molar-refractivity contribution >= 4 is 23.9 Å². The Bertz CT molecular complexity index is 1360. The van der Waals surface area contributed by atoms with E-state index in [1.807, 2.05) is 80.6 Å². The molecule has 9 heteroatoms. The van der Waals surface area contributed by atoms with Gasteiger partial charge in [-0.1, -0.05) is 92.7 Å². The lowest BCUT2D eigenvalue weighted by atomic mass is 9.98. The van der Waals surface area contributed by atoms with Gasteiger partial charge in [0.2, 0.25) is 5.91 Å². The van der Waals surface area contributed by atoms with Crippen molar-refractivity contribution in [2.75, 3.05) is 13.7 Å². The molecule has 0 fully saturated rings. The van der Waals surface area contributed by atoms with Crippen LogP contribution in [-0.2, 0) is 35.2 Å². The summed E-state index contributed by atoms with van der Waals surface area (Å²) in [6.45, 7) is 3.87. The number of fused-ring (bicyclic) bond motifs is 3. The van der Waals surface area contributed by atoms with E-state index in [9.17, 15) is 19.2 Å². The molecule has 0 bridgehead atoms. The average molecular weight is 573 g/mol. The molecular weight excluding hydrogens is 536 g/mol. The van der Waals surface area contributed by atoms with Gasteiger partial charge in [-0.2, -0.15) is 0 Å². The Morgan fingerprint density at radius 2 is 1.36 bits per heavy atom.